The maximum atomic E-state index is 5.78. The summed E-state index contributed by atoms with van der Waals surface area (Å²) in [6, 6.07) is 0.284. The zero-order valence-corrected chi connectivity index (χ0v) is 9.14. The van der Waals surface area contributed by atoms with Crippen LogP contribution in [0.25, 0.3) is 0 Å². The second-order valence-corrected chi connectivity index (χ2v) is 3.62. The van der Waals surface area contributed by atoms with Crippen LogP contribution in [0.4, 0.5) is 0 Å². The lowest BCUT2D eigenvalue weighted by molar-refractivity contribution is 0.381. The molecule has 0 aliphatic carbocycles. The summed E-state index contributed by atoms with van der Waals surface area (Å²) in [4.78, 5) is 0. The van der Waals surface area contributed by atoms with E-state index in [0.29, 0.717) is 6.04 Å². The molecule has 0 aromatic carbocycles. The van der Waals surface area contributed by atoms with Crippen molar-refractivity contribution in [2.45, 2.75) is 52.1 Å². The summed E-state index contributed by atoms with van der Waals surface area (Å²) in [5.41, 5.74) is 5.78. The van der Waals surface area contributed by atoms with Gasteiger partial charge in [-0.05, 0) is 30.2 Å². The van der Waals surface area contributed by atoms with Crippen LogP contribution in [-0.4, -0.2) is 20.2 Å². The first-order valence-corrected chi connectivity index (χ1v) is 5.24. The summed E-state index contributed by atoms with van der Waals surface area (Å²) in [5, 5.41) is 11.6. The van der Waals surface area contributed by atoms with E-state index in [2.05, 4.69) is 29.4 Å². The Balaban J connectivity index is 2.86. The maximum Gasteiger partial charge on any atom is 0.167 e. The van der Waals surface area contributed by atoms with Gasteiger partial charge in [0.05, 0.1) is 12.1 Å². The lowest BCUT2D eigenvalue weighted by atomic mass is 10.1. The van der Waals surface area contributed by atoms with Crippen molar-refractivity contribution in [1.29, 1.82) is 0 Å². The molecule has 80 valence electrons. The third kappa shape index (κ3) is 2.29. The first kappa shape index (κ1) is 11.1. The Morgan fingerprint density at radius 2 is 2.14 bits per heavy atom. The van der Waals surface area contributed by atoms with Crippen LogP contribution >= 0.6 is 0 Å². The molecule has 2 atom stereocenters. The molecule has 0 spiro atoms. The van der Waals surface area contributed by atoms with Gasteiger partial charge >= 0.3 is 0 Å². The van der Waals surface area contributed by atoms with E-state index in [9.17, 15) is 0 Å². The first-order valence-electron chi connectivity index (χ1n) is 5.24. The van der Waals surface area contributed by atoms with E-state index < -0.39 is 0 Å². The molecule has 5 nitrogen and oxygen atoms in total. The molecule has 14 heavy (non-hydrogen) atoms. The molecule has 0 bridgehead atoms. The number of hydrogen-bond acceptors (Lipinski definition) is 4. The van der Waals surface area contributed by atoms with E-state index in [1.165, 1.54) is 0 Å². The van der Waals surface area contributed by atoms with Gasteiger partial charge in [0.2, 0.25) is 0 Å². The van der Waals surface area contributed by atoms with Crippen LogP contribution in [-0.2, 0) is 0 Å². The van der Waals surface area contributed by atoms with E-state index in [1.807, 2.05) is 11.6 Å². The molecule has 0 fully saturated rings. The van der Waals surface area contributed by atoms with Crippen LogP contribution in [0.3, 0.4) is 0 Å². The molecule has 2 unspecified atom stereocenters. The van der Waals surface area contributed by atoms with Crippen LogP contribution in [0.5, 0.6) is 0 Å². The van der Waals surface area contributed by atoms with Gasteiger partial charge in [0.1, 0.15) is 0 Å². The second-order valence-electron chi connectivity index (χ2n) is 3.62. The van der Waals surface area contributed by atoms with E-state index >= 15 is 0 Å². The molecular formula is C9H19N5. The number of nitrogens with two attached hydrogens (primary N) is 1. The van der Waals surface area contributed by atoms with Gasteiger partial charge in [0.25, 0.3) is 0 Å². The van der Waals surface area contributed by atoms with Crippen LogP contribution < -0.4 is 5.73 Å². The number of hydrogen-bond donors (Lipinski definition) is 1. The zero-order valence-electron chi connectivity index (χ0n) is 9.14. The van der Waals surface area contributed by atoms with Gasteiger partial charge in [-0.2, -0.15) is 0 Å². The SMILES string of the molecule is CCCC(CC)n1nnnc1C(C)N. The Labute approximate surface area is 84.7 Å². The topological polar surface area (TPSA) is 69.6 Å². The van der Waals surface area contributed by atoms with Crippen molar-refractivity contribution in [2.24, 2.45) is 5.73 Å². The van der Waals surface area contributed by atoms with Crippen molar-refractivity contribution in [2.75, 3.05) is 0 Å². The van der Waals surface area contributed by atoms with Gasteiger partial charge in [-0.15, -0.1) is 5.10 Å². The molecular weight excluding hydrogens is 178 g/mol. The number of tetrazole rings is 1. The molecule has 1 aromatic rings. The molecule has 0 aliphatic rings. The van der Waals surface area contributed by atoms with E-state index in [-0.39, 0.29) is 6.04 Å². The summed E-state index contributed by atoms with van der Waals surface area (Å²) in [5.74, 6) is 0.783. The van der Waals surface area contributed by atoms with E-state index in [1.54, 1.807) is 0 Å². The van der Waals surface area contributed by atoms with Crippen molar-refractivity contribution in [3.63, 3.8) is 0 Å². The van der Waals surface area contributed by atoms with Crippen LogP contribution in [0.15, 0.2) is 0 Å². The van der Waals surface area contributed by atoms with E-state index in [4.69, 9.17) is 5.73 Å². The smallest absolute Gasteiger partial charge is 0.167 e. The monoisotopic (exact) mass is 197 g/mol. The summed E-state index contributed by atoms with van der Waals surface area (Å²) in [6.07, 6.45) is 3.27. The molecule has 0 saturated carbocycles. The minimum absolute atomic E-state index is 0.101. The third-order valence-corrected chi connectivity index (χ3v) is 2.36. The molecule has 0 radical (unpaired) electrons. The summed E-state index contributed by atoms with van der Waals surface area (Å²) in [7, 11) is 0. The summed E-state index contributed by atoms with van der Waals surface area (Å²) in [6.45, 7) is 6.21. The highest BCUT2D eigenvalue weighted by Crippen LogP contribution is 2.19. The quantitative estimate of drug-likeness (QED) is 0.775. The minimum Gasteiger partial charge on any atom is -0.322 e. The zero-order chi connectivity index (χ0) is 10.6. The van der Waals surface area contributed by atoms with Crippen molar-refractivity contribution in [3.8, 4) is 0 Å². The Morgan fingerprint density at radius 3 is 2.64 bits per heavy atom. The molecule has 1 aromatic heterocycles. The van der Waals surface area contributed by atoms with E-state index in [0.717, 1.165) is 25.1 Å². The first-order chi connectivity index (χ1) is 6.70. The Kier molecular flexibility index (Phi) is 4.00. The standard InChI is InChI=1S/C9H19N5/c1-4-6-8(5-2)14-9(7(3)10)11-12-13-14/h7-8H,4-6,10H2,1-3H3. The third-order valence-electron chi connectivity index (χ3n) is 2.36. The molecule has 0 saturated heterocycles. The van der Waals surface area contributed by atoms with Crippen molar-refractivity contribution in [3.05, 3.63) is 5.82 Å². The average Bonchev–Trinajstić information content (AvgIpc) is 2.62. The fraction of sp³-hybridized carbons (Fsp3) is 0.889. The second kappa shape index (κ2) is 5.05. The molecule has 0 aliphatic heterocycles. The van der Waals surface area contributed by atoms with Crippen LogP contribution in [0, 0.1) is 0 Å². The highest BCUT2D eigenvalue weighted by molar-refractivity contribution is 4.89. The summed E-state index contributed by atoms with van der Waals surface area (Å²) < 4.78 is 1.87. The average molecular weight is 197 g/mol. The number of rotatable bonds is 5. The van der Waals surface area contributed by atoms with Crippen LogP contribution in [0.2, 0.25) is 0 Å². The predicted octanol–water partition coefficient (Wildman–Crippen LogP) is 1.44. The van der Waals surface area contributed by atoms with Gasteiger partial charge in [0.15, 0.2) is 5.82 Å². The lowest BCUT2D eigenvalue weighted by Gasteiger charge is -2.16. The highest BCUT2D eigenvalue weighted by Gasteiger charge is 2.16. The molecule has 1 rings (SSSR count). The fourth-order valence-corrected chi connectivity index (χ4v) is 1.59. The normalized spacial score (nSPS) is 15.4. The van der Waals surface area contributed by atoms with Crippen molar-refractivity contribution < 1.29 is 0 Å². The molecule has 2 N–H and O–H groups in total. The van der Waals surface area contributed by atoms with Gasteiger partial charge in [-0.25, -0.2) is 4.68 Å². The maximum absolute atomic E-state index is 5.78. The lowest BCUT2D eigenvalue weighted by Crippen LogP contribution is -2.18. The van der Waals surface area contributed by atoms with Crippen molar-refractivity contribution in [1.82, 2.24) is 20.2 Å². The summed E-state index contributed by atoms with van der Waals surface area (Å²) >= 11 is 0. The Bertz CT molecular complexity index is 268. The van der Waals surface area contributed by atoms with Gasteiger partial charge in [-0.3, -0.25) is 0 Å². The van der Waals surface area contributed by atoms with Gasteiger partial charge < -0.3 is 5.73 Å². The van der Waals surface area contributed by atoms with Crippen molar-refractivity contribution >= 4 is 0 Å². The largest absolute Gasteiger partial charge is 0.322 e. The molecule has 0 amide bonds. The highest BCUT2D eigenvalue weighted by atomic mass is 15.6. The van der Waals surface area contributed by atoms with Gasteiger partial charge in [-0.1, -0.05) is 20.3 Å². The fourth-order valence-electron chi connectivity index (χ4n) is 1.59. The molecule has 5 heteroatoms. The predicted molar refractivity (Wildman–Crippen MR) is 54.7 cm³/mol. The minimum atomic E-state index is -0.101. The number of nitrogens with zero attached hydrogens (tertiary/aromatic N) is 4. The molecule has 1 heterocycles. The Morgan fingerprint density at radius 1 is 1.43 bits per heavy atom. The number of aromatic nitrogens is 4. The Hall–Kier alpha value is -0.970. The van der Waals surface area contributed by atoms with Crippen LogP contribution in [0.1, 0.15) is 57.9 Å². The van der Waals surface area contributed by atoms with Gasteiger partial charge in [0, 0.05) is 0 Å².